The Balaban J connectivity index is 1.95. The topological polar surface area (TPSA) is 59.9 Å². The van der Waals surface area contributed by atoms with Gasteiger partial charge in [-0.3, -0.25) is 0 Å². The Labute approximate surface area is 99.6 Å². The minimum absolute atomic E-state index is 0.162. The van der Waals surface area contributed by atoms with Crippen LogP contribution in [-0.2, 0) is 0 Å². The highest BCUT2D eigenvalue weighted by molar-refractivity contribution is 6.28. The number of ether oxygens (including phenoxy) is 1. The fourth-order valence-electron chi connectivity index (χ4n) is 1.54. The van der Waals surface area contributed by atoms with Crippen molar-refractivity contribution in [2.24, 2.45) is 5.92 Å². The second-order valence-electron chi connectivity index (χ2n) is 3.82. The molecule has 6 heteroatoms. The van der Waals surface area contributed by atoms with Gasteiger partial charge in [0.05, 0.1) is 6.61 Å². The van der Waals surface area contributed by atoms with Crippen molar-refractivity contribution in [1.29, 1.82) is 0 Å². The summed E-state index contributed by atoms with van der Waals surface area (Å²) in [7, 11) is 0. The summed E-state index contributed by atoms with van der Waals surface area (Å²) in [5.74, 6) is 1.24. The lowest BCUT2D eigenvalue weighted by molar-refractivity contribution is 0.311. The van der Waals surface area contributed by atoms with E-state index in [9.17, 15) is 0 Å². The quantitative estimate of drug-likeness (QED) is 0.857. The van der Waals surface area contributed by atoms with Crippen molar-refractivity contribution in [3.05, 3.63) is 5.28 Å². The molecule has 5 nitrogen and oxygen atoms in total. The molecule has 0 aliphatic heterocycles. The summed E-state index contributed by atoms with van der Waals surface area (Å²) in [5.41, 5.74) is 0. The maximum absolute atomic E-state index is 5.77. The van der Waals surface area contributed by atoms with Crippen LogP contribution in [0.4, 0.5) is 5.95 Å². The third-order valence-electron chi connectivity index (χ3n) is 2.63. The Morgan fingerprint density at radius 3 is 2.81 bits per heavy atom. The number of aromatic nitrogens is 3. The summed E-state index contributed by atoms with van der Waals surface area (Å²) in [6.07, 6.45) is 3.89. The van der Waals surface area contributed by atoms with Crippen LogP contribution in [0.25, 0.3) is 0 Å². The van der Waals surface area contributed by atoms with E-state index in [1.807, 2.05) is 6.92 Å². The molecule has 1 aliphatic carbocycles. The van der Waals surface area contributed by atoms with E-state index >= 15 is 0 Å². The highest BCUT2D eigenvalue weighted by Gasteiger charge is 2.17. The molecule has 1 aromatic rings. The van der Waals surface area contributed by atoms with E-state index < -0.39 is 0 Å². The normalized spacial score (nSPS) is 15.6. The van der Waals surface area contributed by atoms with E-state index in [2.05, 4.69) is 20.3 Å². The molecule has 88 valence electrons. The summed E-state index contributed by atoms with van der Waals surface area (Å²) in [6.45, 7) is 3.29. The molecule has 0 radical (unpaired) electrons. The van der Waals surface area contributed by atoms with E-state index in [0.717, 1.165) is 12.5 Å². The van der Waals surface area contributed by atoms with E-state index in [4.69, 9.17) is 16.3 Å². The number of nitrogens with zero attached hydrogens (tertiary/aromatic N) is 3. The van der Waals surface area contributed by atoms with E-state index in [1.165, 1.54) is 19.3 Å². The fraction of sp³-hybridized carbons (Fsp3) is 0.700. The average Bonchev–Trinajstić information content (AvgIpc) is 2.14. The molecule has 0 atom stereocenters. The van der Waals surface area contributed by atoms with Crippen molar-refractivity contribution >= 4 is 17.5 Å². The first-order valence-electron chi connectivity index (χ1n) is 5.56. The van der Waals surface area contributed by atoms with Crippen molar-refractivity contribution in [2.45, 2.75) is 26.2 Å². The second-order valence-corrected chi connectivity index (χ2v) is 4.16. The zero-order valence-corrected chi connectivity index (χ0v) is 10.00. The molecule has 1 fully saturated rings. The van der Waals surface area contributed by atoms with Gasteiger partial charge in [0, 0.05) is 6.54 Å². The zero-order valence-electron chi connectivity index (χ0n) is 9.24. The Kier molecular flexibility index (Phi) is 3.77. The van der Waals surface area contributed by atoms with Gasteiger partial charge in [0.2, 0.25) is 11.2 Å². The number of anilines is 1. The second kappa shape index (κ2) is 5.30. The van der Waals surface area contributed by atoms with Crippen LogP contribution in [-0.4, -0.2) is 28.1 Å². The van der Waals surface area contributed by atoms with Crippen molar-refractivity contribution < 1.29 is 4.74 Å². The van der Waals surface area contributed by atoms with E-state index in [-0.39, 0.29) is 11.3 Å². The van der Waals surface area contributed by atoms with Crippen molar-refractivity contribution in [2.75, 3.05) is 18.5 Å². The molecule has 1 saturated carbocycles. The summed E-state index contributed by atoms with van der Waals surface area (Å²) >= 11 is 5.77. The monoisotopic (exact) mass is 242 g/mol. The molecular formula is C10H15ClN4O. The average molecular weight is 243 g/mol. The largest absolute Gasteiger partial charge is 0.464 e. The van der Waals surface area contributed by atoms with Crippen LogP contribution >= 0.6 is 11.6 Å². The van der Waals surface area contributed by atoms with Gasteiger partial charge >= 0.3 is 6.01 Å². The summed E-state index contributed by atoms with van der Waals surface area (Å²) < 4.78 is 5.19. The van der Waals surface area contributed by atoms with Gasteiger partial charge < -0.3 is 10.1 Å². The van der Waals surface area contributed by atoms with Crippen LogP contribution in [0, 0.1) is 5.92 Å². The van der Waals surface area contributed by atoms with Gasteiger partial charge in [-0.1, -0.05) is 6.42 Å². The third kappa shape index (κ3) is 2.95. The maximum Gasteiger partial charge on any atom is 0.322 e. The van der Waals surface area contributed by atoms with Gasteiger partial charge in [0.15, 0.2) is 0 Å². The Hall–Kier alpha value is -1.10. The molecule has 0 spiro atoms. The van der Waals surface area contributed by atoms with Gasteiger partial charge in [0.25, 0.3) is 0 Å². The lowest BCUT2D eigenvalue weighted by Gasteiger charge is -2.25. The van der Waals surface area contributed by atoms with Crippen LogP contribution in [0.5, 0.6) is 6.01 Å². The summed E-state index contributed by atoms with van der Waals surface area (Å²) in [4.78, 5) is 12.0. The third-order valence-corrected chi connectivity index (χ3v) is 2.80. The van der Waals surface area contributed by atoms with Gasteiger partial charge in [-0.15, -0.1) is 0 Å². The highest BCUT2D eigenvalue weighted by atomic mass is 35.5. The predicted molar refractivity (Wildman–Crippen MR) is 61.8 cm³/mol. The molecule has 0 aromatic carbocycles. The van der Waals surface area contributed by atoms with Crippen LogP contribution in [0.15, 0.2) is 0 Å². The molecule has 2 rings (SSSR count). The highest BCUT2D eigenvalue weighted by Crippen LogP contribution is 2.26. The molecule has 16 heavy (non-hydrogen) atoms. The molecule has 0 amide bonds. The smallest absolute Gasteiger partial charge is 0.322 e. The van der Waals surface area contributed by atoms with Crippen LogP contribution in [0.1, 0.15) is 26.2 Å². The number of nitrogens with one attached hydrogen (secondary N) is 1. The molecule has 0 unspecified atom stereocenters. The first-order valence-corrected chi connectivity index (χ1v) is 5.94. The van der Waals surface area contributed by atoms with Crippen LogP contribution in [0.2, 0.25) is 5.28 Å². The molecule has 1 N–H and O–H groups in total. The molecule has 1 aromatic heterocycles. The predicted octanol–water partition coefficient (Wildman–Crippen LogP) is 2.14. The van der Waals surface area contributed by atoms with Gasteiger partial charge in [-0.25, -0.2) is 0 Å². The number of hydrogen-bond donors (Lipinski definition) is 1. The van der Waals surface area contributed by atoms with Crippen molar-refractivity contribution in [3.8, 4) is 6.01 Å². The summed E-state index contributed by atoms with van der Waals surface area (Å²) in [6, 6.07) is 0.276. The molecular weight excluding hydrogens is 228 g/mol. The molecule has 0 bridgehead atoms. The van der Waals surface area contributed by atoms with Crippen molar-refractivity contribution in [3.63, 3.8) is 0 Å². The number of hydrogen-bond acceptors (Lipinski definition) is 5. The number of halogens is 1. The molecule has 0 saturated heterocycles. The first kappa shape index (κ1) is 11.4. The Morgan fingerprint density at radius 1 is 1.38 bits per heavy atom. The lowest BCUT2D eigenvalue weighted by atomic mass is 9.85. The molecule has 1 aliphatic rings. The SMILES string of the molecule is CCOc1nc(Cl)nc(NCC2CCC2)n1. The van der Waals surface area contributed by atoms with Gasteiger partial charge in [0.1, 0.15) is 0 Å². The van der Waals surface area contributed by atoms with Gasteiger partial charge in [-0.2, -0.15) is 15.0 Å². The minimum Gasteiger partial charge on any atom is -0.464 e. The van der Waals surface area contributed by atoms with Crippen LogP contribution in [0.3, 0.4) is 0 Å². The zero-order chi connectivity index (χ0) is 11.4. The van der Waals surface area contributed by atoms with Gasteiger partial charge in [-0.05, 0) is 37.3 Å². The van der Waals surface area contributed by atoms with E-state index in [0.29, 0.717) is 12.6 Å². The Morgan fingerprint density at radius 2 is 2.19 bits per heavy atom. The van der Waals surface area contributed by atoms with Crippen molar-refractivity contribution in [1.82, 2.24) is 15.0 Å². The Bertz CT molecular complexity index is 357. The fourth-order valence-corrected chi connectivity index (χ4v) is 1.69. The number of rotatable bonds is 5. The van der Waals surface area contributed by atoms with Crippen LogP contribution < -0.4 is 10.1 Å². The minimum atomic E-state index is 0.162. The van der Waals surface area contributed by atoms with E-state index in [1.54, 1.807) is 0 Å². The standard InChI is InChI=1S/C10H15ClN4O/c1-2-16-10-14-8(11)13-9(15-10)12-6-7-4-3-5-7/h7H,2-6H2,1H3,(H,12,13,14,15). The maximum atomic E-state index is 5.77. The first-order chi connectivity index (χ1) is 7.78. The lowest BCUT2D eigenvalue weighted by Crippen LogP contribution is -2.22. The molecule has 1 heterocycles. The summed E-state index contributed by atoms with van der Waals surface area (Å²) in [5, 5.41) is 3.32.